The van der Waals surface area contributed by atoms with Gasteiger partial charge in [0.25, 0.3) is 0 Å². The Morgan fingerprint density at radius 2 is 2.00 bits per heavy atom. The summed E-state index contributed by atoms with van der Waals surface area (Å²) in [5, 5.41) is 3.23. The van der Waals surface area contributed by atoms with E-state index < -0.39 is 15.8 Å². The van der Waals surface area contributed by atoms with E-state index in [2.05, 4.69) is 5.32 Å². The van der Waals surface area contributed by atoms with Crippen molar-refractivity contribution in [1.29, 1.82) is 0 Å². The summed E-state index contributed by atoms with van der Waals surface area (Å²) in [6, 6.07) is 4.03. The lowest BCUT2D eigenvalue weighted by atomic mass is 10.2. The number of aryl methyl sites for hydroxylation is 1. The van der Waals surface area contributed by atoms with E-state index in [4.69, 9.17) is 0 Å². The van der Waals surface area contributed by atoms with Crippen molar-refractivity contribution in [2.75, 3.05) is 13.1 Å². The van der Waals surface area contributed by atoms with Gasteiger partial charge < -0.3 is 5.32 Å². The molecule has 1 aliphatic heterocycles. The van der Waals surface area contributed by atoms with E-state index in [1.807, 2.05) is 13.8 Å². The van der Waals surface area contributed by atoms with Gasteiger partial charge in [0, 0.05) is 25.2 Å². The highest BCUT2D eigenvalue weighted by atomic mass is 35.5. The van der Waals surface area contributed by atoms with Gasteiger partial charge in [0.2, 0.25) is 10.0 Å². The molecule has 0 aliphatic carbocycles. The molecule has 2 atom stereocenters. The molecule has 0 radical (unpaired) electrons. The molecule has 0 saturated carbocycles. The molecule has 1 aliphatic rings. The predicted molar refractivity (Wildman–Crippen MR) is 79.2 cm³/mol. The molecule has 1 aromatic rings. The van der Waals surface area contributed by atoms with Crippen LogP contribution in [0.5, 0.6) is 0 Å². The third-order valence-corrected chi connectivity index (χ3v) is 5.43. The topological polar surface area (TPSA) is 49.4 Å². The highest BCUT2D eigenvalue weighted by Gasteiger charge is 2.33. The summed E-state index contributed by atoms with van der Waals surface area (Å²) in [7, 11) is -3.63. The quantitative estimate of drug-likeness (QED) is 0.905. The molecular weight excluding hydrogens is 303 g/mol. The summed E-state index contributed by atoms with van der Waals surface area (Å²) >= 11 is 0. The molecule has 0 aromatic heterocycles. The van der Waals surface area contributed by atoms with E-state index >= 15 is 0 Å². The minimum atomic E-state index is -3.63. The maximum Gasteiger partial charge on any atom is 0.243 e. The largest absolute Gasteiger partial charge is 0.311 e. The maximum atomic E-state index is 13.6. The Labute approximate surface area is 125 Å². The molecule has 1 fully saturated rings. The molecule has 1 saturated heterocycles. The molecule has 0 amide bonds. The van der Waals surface area contributed by atoms with Gasteiger partial charge >= 0.3 is 0 Å². The van der Waals surface area contributed by atoms with Crippen LogP contribution in [-0.2, 0) is 10.0 Å². The normalized spacial score (nSPS) is 24.2. The van der Waals surface area contributed by atoms with E-state index in [1.165, 1.54) is 16.4 Å². The highest BCUT2D eigenvalue weighted by molar-refractivity contribution is 7.89. The Kier molecular flexibility index (Phi) is 5.54. The molecule has 1 N–H and O–H groups in total. The minimum Gasteiger partial charge on any atom is -0.311 e. The second-order valence-corrected chi connectivity index (χ2v) is 7.03. The van der Waals surface area contributed by atoms with Crippen molar-refractivity contribution < 1.29 is 12.8 Å². The number of rotatable bonds is 2. The molecule has 4 nitrogen and oxygen atoms in total. The lowest BCUT2D eigenvalue weighted by Gasteiger charge is -2.36. The molecular formula is C13H20ClFN2O2S. The second-order valence-electron chi connectivity index (χ2n) is 5.14. The zero-order valence-electron chi connectivity index (χ0n) is 11.8. The van der Waals surface area contributed by atoms with Crippen LogP contribution in [0.4, 0.5) is 4.39 Å². The van der Waals surface area contributed by atoms with Crippen molar-refractivity contribution in [3.63, 3.8) is 0 Å². The molecule has 1 aromatic carbocycles. The van der Waals surface area contributed by atoms with E-state index in [0.717, 1.165) is 6.07 Å². The third kappa shape index (κ3) is 3.31. The van der Waals surface area contributed by atoms with Gasteiger partial charge in [-0.3, -0.25) is 0 Å². The standard InChI is InChI=1S/C13H19FN2O2S.ClH/c1-9-4-5-12(6-13(9)14)19(17,18)16-8-10(2)15-7-11(16)3;/h4-6,10-11,15H,7-8H2,1-3H3;1H. The van der Waals surface area contributed by atoms with Gasteiger partial charge in [0.05, 0.1) is 4.90 Å². The molecule has 0 spiro atoms. The molecule has 2 rings (SSSR count). The molecule has 2 unspecified atom stereocenters. The van der Waals surface area contributed by atoms with Crippen molar-refractivity contribution in [2.45, 2.75) is 37.8 Å². The molecule has 114 valence electrons. The third-order valence-electron chi connectivity index (χ3n) is 3.46. The SMILES string of the molecule is Cc1ccc(S(=O)(=O)N2CC(C)NCC2C)cc1F.Cl. The minimum absolute atomic E-state index is 0. The van der Waals surface area contributed by atoms with E-state index in [9.17, 15) is 12.8 Å². The number of benzene rings is 1. The summed E-state index contributed by atoms with van der Waals surface area (Å²) in [6.07, 6.45) is 0. The van der Waals surface area contributed by atoms with Gasteiger partial charge in [0.15, 0.2) is 0 Å². The molecule has 20 heavy (non-hydrogen) atoms. The Morgan fingerprint density at radius 3 is 2.60 bits per heavy atom. The van der Waals surface area contributed by atoms with Crippen LogP contribution in [0.2, 0.25) is 0 Å². The number of halogens is 2. The van der Waals surface area contributed by atoms with Gasteiger partial charge in [-0.25, -0.2) is 12.8 Å². The smallest absolute Gasteiger partial charge is 0.243 e. The predicted octanol–water partition coefficient (Wildman–Crippen LogP) is 1.93. The van der Waals surface area contributed by atoms with Crippen molar-refractivity contribution in [2.24, 2.45) is 0 Å². The van der Waals surface area contributed by atoms with E-state index in [0.29, 0.717) is 18.7 Å². The van der Waals surface area contributed by atoms with Gasteiger partial charge in [-0.1, -0.05) is 6.07 Å². The fraction of sp³-hybridized carbons (Fsp3) is 0.538. The van der Waals surface area contributed by atoms with E-state index in [-0.39, 0.29) is 29.4 Å². The average molecular weight is 323 g/mol. The Bertz CT molecular complexity index is 580. The highest BCUT2D eigenvalue weighted by Crippen LogP contribution is 2.22. The van der Waals surface area contributed by atoms with E-state index in [1.54, 1.807) is 6.92 Å². The lowest BCUT2D eigenvalue weighted by Crippen LogP contribution is -2.56. The van der Waals surface area contributed by atoms with Gasteiger partial charge in [-0.2, -0.15) is 4.31 Å². The Hall–Kier alpha value is -0.690. The fourth-order valence-electron chi connectivity index (χ4n) is 2.19. The second kappa shape index (κ2) is 6.39. The average Bonchev–Trinajstić information content (AvgIpc) is 2.35. The lowest BCUT2D eigenvalue weighted by molar-refractivity contribution is 0.244. The summed E-state index contributed by atoms with van der Waals surface area (Å²) in [6.45, 7) is 6.40. The number of sulfonamides is 1. The van der Waals surface area contributed by atoms with Gasteiger partial charge in [0.1, 0.15) is 5.82 Å². The summed E-state index contributed by atoms with van der Waals surface area (Å²) in [5.41, 5.74) is 0.445. The molecule has 1 heterocycles. The summed E-state index contributed by atoms with van der Waals surface area (Å²) in [5.74, 6) is -0.489. The monoisotopic (exact) mass is 322 g/mol. The molecule has 7 heteroatoms. The van der Waals surface area contributed by atoms with Crippen LogP contribution in [-0.4, -0.2) is 37.9 Å². The van der Waals surface area contributed by atoms with Crippen molar-refractivity contribution in [1.82, 2.24) is 9.62 Å². The fourth-order valence-corrected chi connectivity index (χ4v) is 3.92. The Morgan fingerprint density at radius 1 is 1.35 bits per heavy atom. The molecule has 0 bridgehead atoms. The number of nitrogens with zero attached hydrogens (tertiary/aromatic N) is 1. The van der Waals surface area contributed by atoms with Crippen molar-refractivity contribution in [3.05, 3.63) is 29.6 Å². The van der Waals surface area contributed by atoms with Gasteiger partial charge in [-0.05, 0) is 38.5 Å². The van der Waals surface area contributed by atoms with Crippen molar-refractivity contribution in [3.8, 4) is 0 Å². The number of nitrogens with one attached hydrogen (secondary N) is 1. The summed E-state index contributed by atoms with van der Waals surface area (Å²) in [4.78, 5) is 0.0246. The van der Waals surface area contributed by atoms with Gasteiger partial charge in [-0.15, -0.1) is 12.4 Å². The van der Waals surface area contributed by atoms with Crippen LogP contribution in [0.1, 0.15) is 19.4 Å². The van der Waals surface area contributed by atoms with Crippen LogP contribution < -0.4 is 5.32 Å². The number of hydrogen-bond donors (Lipinski definition) is 1. The van der Waals surface area contributed by atoms with Crippen LogP contribution in [0, 0.1) is 12.7 Å². The first-order chi connectivity index (χ1) is 8.82. The van der Waals surface area contributed by atoms with Crippen LogP contribution in [0.15, 0.2) is 23.1 Å². The number of piperazine rings is 1. The zero-order valence-corrected chi connectivity index (χ0v) is 13.4. The first-order valence-corrected chi connectivity index (χ1v) is 7.77. The van der Waals surface area contributed by atoms with Crippen molar-refractivity contribution >= 4 is 22.4 Å². The first kappa shape index (κ1) is 17.4. The zero-order chi connectivity index (χ0) is 14.2. The van der Waals surface area contributed by atoms with Crippen LogP contribution in [0.3, 0.4) is 0 Å². The van der Waals surface area contributed by atoms with Crippen LogP contribution >= 0.6 is 12.4 Å². The number of hydrogen-bond acceptors (Lipinski definition) is 3. The summed E-state index contributed by atoms with van der Waals surface area (Å²) < 4.78 is 40.1. The Balaban J connectivity index is 0.00000200. The maximum absolute atomic E-state index is 13.6. The first-order valence-electron chi connectivity index (χ1n) is 6.33. The van der Waals surface area contributed by atoms with Crippen LogP contribution in [0.25, 0.3) is 0 Å².